The summed E-state index contributed by atoms with van der Waals surface area (Å²) in [7, 11) is 0. The van der Waals surface area contributed by atoms with E-state index in [9.17, 15) is 0 Å². The van der Waals surface area contributed by atoms with Crippen LogP contribution in [0.15, 0.2) is 0 Å². The molecule has 41 valence electrons. The van der Waals surface area contributed by atoms with Gasteiger partial charge < -0.3 is 0 Å². The van der Waals surface area contributed by atoms with E-state index in [1.807, 2.05) is 0 Å². The molecule has 0 aliphatic carbocycles. The third kappa shape index (κ3) is 1.90. The fourth-order valence-electron chi connectivity index (χ4n) is 0.730. The van der Waals surface area contributed by atoms with E-state index < -0.39 is 0 Å². The lowest BCUT2D eigenvalue weighted by molar-refractivity contribution is 0.559. The average Bonchev–Trinajstić information content (AvgIpc) is 1.90. The lowest BCUT2D eigenvalue weighted by Gasteiger charge is -1.92. The normalized spacial score (nSPS) is 24.0. The molecule has 2 nitrogen and oxygen atoms in total. The van der Waals surface area contributed by atoms with E-state index in [0.717, 1.165) is 13.1 Å². The van der Waals surface area contributed by atoms with Crippen molar-refractivity contribution >= 4 is 0 Å². The van der Waals surface area contributed by atoms with Gasteiger partial charge in [0.05, 0.1) is 0 Å². The summed E-state index contributed by atoms with van der Waals surface area (Å²) < 4.78 is 0. The molecule has 1 aliphatic heterocycles. The van der Waals surface area contributed by atoms with Crippen LogP contribution in [-0.4, -0.2) is 13.1 Å². The zero-order chi connectivity index (χ0) is 4.95. The average molecular weight is 99.2 g/mol. The first kappa shape index (κ1) is 5.06. The minimum Gasteiger partial charge on any atom is -0.240 e. The first-order chi connectivity index (χ1) is 3.50. The zero-order valence-corrected chi connectivity index (χ0v) is 4.48. The second kappa shape index (κ2) is 2.99. The molecule has 1 heterocycles. The van der Waals surface area contributed by atoms with Crippen molar-refractivity contribution in [2.24, 2.45) is 0 Å². The van der Waals surface area contributed by atoms with E-state index >= 15 is 0 Å². The maximum absolute atomic E-state index is 4.02. The standard InChI is InChI=1S/C5H11N2/c1-2-4-6-7-5-3-1/h6H,1-5H2. The first-order valence-electron chi connectivity index (χ1n) is 2.89. The molecule has 2 heteroatoms. The summed E-state index contributed by atoms with van der Waals surface area (Å²) in [5.41, 5.74) is 6.99. The third-order valence-corrected chi connectivity index (χ3v) is 1.17. The number of nitrogens with one attached hydrogen (secondary N) is 1. The van der Waals surface area contributed by atoms with Crippen LogP contribution in [0.3, 0.4) is 0 Å². The summed E-state index contributed by atoms with van der Waals surface area (Å²) in [6.07, 6.45) is 3.91. The Morgan fingerprint density at radius 1 is 1.14 bits per heavy atom. The smallest absolute Gasteiger partial charge is 0.0304 e. The van der Waals surface area contributed by atoms with Crippen LogP contribution in [0.2, 0.25) is 0 Å². The van der Waals surface area contributed by atoms with Gasteiger partial charge in [0.25, 0.3) is 0 Å². The van der Waals surface area contributed by atoms with Gasteiger partial charge in [0.15, 0.2) is 0 Å². The van der Waals surface area contributed by atoms with Crippen molar-refractivity contribution in [1.82, 2.24) is 10.9 Å². The predicted molar refractivity (Wildman–Crippen MR) is 28.9 cm³/mol. The topological polar surface area (TPSA) is 26.1 Å². The predicted octanol–water partition coefficient (Wildman–Crippen LogP) is 0.279. The zero-order valence-electron chi connectivity index (χ0n) is 4.48. The Kier molecular flexibility index (Phi) is 2.17. The Hall–Kier alpha value is -0.0800. The van der Waals surface area contributed by atoms with Gasteiger partial charge in [0.2, 0.25) is 0 Å². The molecule has 0 amide bonds. The second-order valence-electron chi connectivity index (χ2n) is 1.85. The SMILES string of the molecule is C1CC[N]NCC1. The van der Waals surface area contributed by atoms with Crippen molar-refractivity contribution in [2.45, 2.75) is 19.3 Å². The summed E-state index contributed by atoms with van der Waals surface area (Å²) in [4.78, 5) is 0. The number of rotatable bonds is 0. The molecule has 0 aromatic rings. The highest BCUT2D eigenvalue weighted by atomic mass is 15.3. The quantitative estimate of drug-likeness (QED) is 0.464. The maximum atomic E-state index is 4.02. The Morgan fingerprint density at radius 2 is 2.14 bits per heavy atom. The lowest BCUT2D eigenvalue weighted by atomic mass is 10.2. The largest absolute Gasteiger partial charge is 0.240 e. The van der Waals surface area contributed by atoms with Crippen LogP contribution >= 0.6 is 0 Å². The number of hydrogen-bond acceptors (Lipinski definition) is 1. The molecule has 0 atom stereocenters. The second-order valence-corrected chi connectivity index (χ2v) is 1.85. The molecule has 0 bridgehead atoms. The molecule has 0 unspecified atom stereocenters. The summed E-state index contributed by atoms with van der Waals surface area (Å²) in [5, 5.41) is 0. The van der Waals surface area contributed by atoms with Gasteiger partial charge in [-0.25, -0.2) is 5.43 Å². The third-order valence-electron chi connectivity index (χ3n) is 1.17. The summed E-state index contributed by atoms with van der Waals surface area (Å²) in [6.45, 7) is 2.10. The Morgan fingerprint density at radius 3 is 3.14 bits per heavy atom. The summed E-state index contributed by atoms with van der Waals surface area (Å²) in [6, 6.07) is 0. The van der Waals surface area contributed by atoms with E-state index in [1.165, 1.54) is 19.3 Å². The highest BCUT2D eigenvalue weighted by Gasteiger charge is 1.94. The number of nitrogens with zero attached hydrogens (tertiary/aromatic N) is 1. The molecule has 1 rings (SSSR count). The van der Waals surface area contributed by atoms with E-state index in [2.05, 4.69) is 10.9 Å². The van der Waals surface area contributed by atoms with E-state index in [4.69, 9.17) is 0 Å². The molecule has 7 heavy (non-hydrogen) atoms. The van der Waals surface area contributed by atoms with Gasteiger partial charge in [0, 0.05) is 13.1 Å². The molecule has 0 spiro atoms. The van der Waals surface area contributed by atoms with Crippen LogP contribution in [0.4, 0.5) is 0 Å². The monoisotopic (exact) mass is 99.1 g/mol. The highest BCUT2D eigenvalue weighted by molar-refractivity contribution is 4.50. The van der Waals surface area contributed by atoms with E-state index in [1.54, 1.807) is 0 Å². The Labute approximate surface area is 44.3 Å². The Bertz CT molecular complexity index is 25.7. The molecule has 1 aliphatic rings. The Balaban J connectivity index is 2.04. The van der Waals surface area contributed by atoms with Crippen LogP contribution in [0.1, 0.15) is 19.3 Å². The maximum Gasteiger partial charge on any atom is 0.0304 e. The minimum absolute atomic E-state index is 1.01. The van der Waals surface area contributed by atoms with Crippen LogP contribution in [-0.2, 0) is 0 Å². The summed E-state index contributed by atoms with van der Waals surface area (Å²) >= 11 is 0. The van der Waals surface area contributed by atoms with E-state index in [-0.39, 0.29) is 0 Å². The van der Waals surface area contributed by atoms with E-state index in [0.29, 0.717) is 0 Å². The van der Waals surface area contributed by atoms with Gasteiger partial charge in [-0.2, -0.15) is 5.43 Å². The van der Waals surface area contributed by atoms with Gasteiger partial charge in [-0.15, -0.1) is 0 Å². The molecule has 1 saturated heterocycles. The first-order valence-corrected chi connectivity index (χ1v) is 2.89. The van der Waals surface area contributed by atoms with Crippen LogP contribution < -0.4 is 10.9 Å². The number of hydrogen-bond donors (Lipinski definition) is 1. The van der Waals surface area contributed by atoms with Gasteiger partial charge in [-0.05, 0) is 12.8 Å². The van der Waals surface area contributed by atoms with Gasteiger partial charge >= 0.3 is 0 Å². The van der Waals surface area contributed by atoms with Crippen molar-refractivity contribution in [3.63, 3.8) is 0 Å². The van der Waals surface area contributed by atoms with Gasteiger partial charge in [-0.3, -0.25) is 0 Å². The van der Waals surface area contributed by atoms with Crippen molar-refractivity contribution in [3.8, 4) is 0 Å². The van der Waals surface area contributed by atoms with Crippen LogP contribution in [0, 0.1) is 0 Å². The minimum atomic E-state index is 1.01. The fraction of sp³-hybridized carbons (Fsp3) is 1.00. The summed E-state index contributed by atoms with van der Waals surface area (Å²) in [5.74, 6) is 0. The molecule has 0 aromatic heterocycles. The van der Waals surface area contributed by atoms with Crippen molar-refractivity contribution < 1.29 is 0 Å². The molecular weight excluding hydrogens is 88.1 g/mol. The molecule has 0 aromatic carbocycles. The molecule has 0 saturated carbocycles. The fourth-order valence-corrected chi connectivity index (χ4v) is 0.730. The highest BCUT2D eigenvalue weighted by Crippen LogP contribution is 1.94. The molecule has 1 N–H and O–H groups in total. The lowest BCUT2D eigenvalue weighted by Crippen LogP contribution is -2.23. The van der Waals surface area contributed by atoms with Gasteiger partial charge in [-0.1, -0.05) is 6.42 Å². The molecule has 1 fully saturated rings. The van der Waals surface area contributed by atoms with Crippen LogP contribution in [0.5, 0.6) is 0 Å². The van der Waals surface area contributed by atoms with Crippen LogP contribution in [0.25, 0.3) is 0 Å². The van der Waals surface area contributed by atoms with Gasteiger partial charge in [0.1, 0.15) is 0 Å². The molecule has 1 radical (unpaired) electrons. The van der Waals surface area contributed by atoms with Crippen molar-refractivity contribution in [2.75, 3.05) is 13.1 Å². The molecular formula is C5H11N2. The van der Waals surface area contributed by atoms with Crippen molar-refractivity contribution in [1.29, 1.82) is 0 Å². The van der Waals surface area contributed by atoms with Crippen molar-refractivity contribution in [3.05, 3.63) is 0 Å².